The highest BCUT2D eigenvalue weighted by Gasteiger charge is 2.26. The summed E-state index contributed by atoms with van der Waals surface area (Å²) < 4.78 is -0.420. The molecule has 0 aliphatic rings. The smallest absolute Gasteiger partial charge is 0.238 e. The summed E-state index contributed by atoms with van der Waals surface area (Å²) in [7, 11) is 1.83. The van der Waals surface area contributed by atoms with Gasteiger partial charge >= 0.3 is 0 Å². The molecule has 0 unspecified atom stereocenters. The molecule has 0 aromatic carbocycles. The van der Waals surface area contributed by atoms with E-state index in [0.717, 1.165) is 13.0 Å². The Morgan fingerprint density at radius 1 is 1.55 bits per heavy atom. The van der Waals surface area contributed by atoms with Gasteiger partial charge in [0.2, 0.25) is 5.91 Å². The first kappa shape index (κ1) is 11.0. The Morgan fingerprint density at radius 3 is 2.27 bits per heavy atom. The van der Waals surface area contributed by atoms with Crippen molar-refractivity contribution in [1.29, 1.82) is 0 Å². The van der Waals surface area contributed by atoms with Crippen LogP contribution in [0.2, 0.25) is 0 Å². The Morgan fingerprint density at radius 2 is 2.00 bits per heavy atom. The summed E-state index contributed by atoms with van der Waals surface area (Å²) in [6.45, 7) is 6.61. The van der Waals surface area contributed by atoms with Gasteiger partial charge in [-0.2, -0.15) is 0 Å². The molecule has 3 heteroatoms. The largest absolute Gasteiger partial charge is 0.345 e. The van der Waals surface area contributed by atoms with Crippen molar-refractivity contribution >= 4 is 21.8 Å². The topological polar surface area (TPSA) is 20.3 Å². The first-order chi connectivity index (χ1) is 4.89. The molecular weight excluding hydrogens is 206 g/mol. The molecule has 0 atom stereocenters. The second kappa shape index (κ2) is 4.10. The van der Waals surface area contributed by atoms with E-state index in [-0.39, 0.29) is 5.91 Å². The third-order valence-corrected chi connectivity index (χ3v) is 1.75. The Balaban J connectivity index is 4.03. The third kappa shape index (κ3) is 3.75. The number of carbonyl (C=O) groups excluding carboxylic acids is 1. The molecule has 11 heavy (non-hydrogen) atoms. The van der Waals surface area contributed by atoms with E-state index >= 15 is 0 Å². The summed E-state index contributed by atoms with van der Waals surface area (Å²) in [6, 6.07) is 0. The van der Waals surface area contributed by atoms with Crippen LogP contribution in [0.4, 0.5) is 0 Å². The van der Waals surface area contributed by atoms with Gasteiger partial charge < -0.3 is 4.90 Å². The van der Waals surface area contributed by atoms with E-state index in [1.807, 2.05) is 20.9 Å². The molecule has 0 aliphatic heterocycles. The number of halogens is 1. The van der Waals surface area contributed by atoms with Crippen molar-refractivity contribution in [3.8, 4) is 0 Å². The van der Waals surface area contributed by atoms with Crippen LogP contribution in [0.5, 0.6) is 0 Å². The van der Waals surface area contributed by atoms with Crippen LogP contribution in [0.3, 0.4) is 0 Å². The summed E-state index contributed by atoms with van der Waals surface area (Å²) in [5, 5.41) is 0. The van der Waals surface area contributed by atoms with E-state index in [1.165, 1.54) is 0 Å². The Hall–Kier alpha value is -0.0500. The van der Waals surface area contributed by atoms with Crippen LogP contribution >= 0.6 is 15.9 Å². The molecule has 0 N–H and O–H groups in total. The van der Waals surface area contributed by atoms with E-state index in [1.54, 1.807) is 4.90 Å². The highest BCUT2D eigenvalue weighted by molar-refractivity contribution is 9.10. The second-order valence-electron chi connectivity index (χ2n) is 3.20. The predicted octanol–water partition coefficient (Wildman–Crippen LogP) is 2.03. The number of nitrogens with zero attached hydrogens (tertiary/aromatic N) is 1. The third-order valence-electron chi connectivity index (χ3n) is 1.41. The van der Waals surface area contributed by atoms with Crippen molar-refractivity contribution in [3.63, 3.8) is 0 Å². The molecule has 0 saturated heterocycles. The van der Waals surface area contributed by atoms with Gasteiger partial charge in [-0.1, -0.05) is 22.9 Å². The molecule has 0 heterocycles. The normalized spacial score (nSPS) is 11.4. The number of carbonyl (C=O) groups is 1. The molecular formula is C8H16BrNO. The fourth-order valence-corrected chi connectivity index (χ4v) is 1.19. The van der Waals surface area contributed by atoms with Gasteiger partial charge in [-0.25, -0.2) is 0 Å². The maximum Gasteiger partial charge on any atom is 0.238 e. The van der Waals surface area contributed by atoms with Gasteiger partial charge in [0.1, 0.15) is 0 Å². The van der Waals surface area contributed by atoms with Crippen LogP contribution in [0, 0.1) is 0 Å². The van der Waals surface area contributed by atoms with Crippen LogP contribution in [-0.4, -0.2) is 28.7 Å². The SMILES string of the molecule is CCCN(C)C(=O)C(C)(C)Br. The zero-order valence-corrected chi connectivity index (χ0v) is 9.23. The van der Waals surface area contributed by atoms with Gasteiger partial charge in [-0.15, -0.1) is 0 Å². The summed E-state index contributed by atoms with van der Waals surface area (Å²) in [5.74, 6) is 0.138. The molecule has 1 amide bonds. The summed E-state index contributed by atoms with van der Waals surface area (Å²) in [5.41, 5.74) is 0. The Kier molecular flexibility index (Phi) is 4.08. The minimum absolute atomic E-state index is 0.138. The summed E-state index contributed by atoms with van der Waals surface area (Å²) in [4.78, 5) is 13.2. The van der Waals surface area contributed by atoms with Crippen molar-refractivity contribution < 1.29 is 4.79 Å². The van der Waals surface area contributed by atoms with Crippen molar-refractivity contribution in [1.82, 2.24) is 4.90 Å². The van der Waals surface area contributed by atoms with E-state index < -0.39 is 4.32 Å². The molecule has 0 spiro atoms. The second-order valence-corrected chi connectivity index (χ2v) is 5.18. The molecule has 0 bridgehead atoms. The van der Waals surface area contributed by atoms with Crippen molar-refractivity contribution in [2.45, 2.75) is 31.5 Å². The molecule has 2 nitrogen and oxygen atoms in total. The molecule has 0 saturated carbocycles. The predicted molar refractivity (Wildman–Crippen MR) is 50.9 cm³/mol. The average Bonchev–Trinajstić information content (AvgIpc) is 1.85. The van der Waals surface area contributed by atoms with E-state index in [9.17, 15) is 4.79 Å². The lowest BCUT2D eigenvalue weighted by molar-refractivity contribution is -0.131. The summed E-state index contributed by atoms with van der Waals surface area (Å²) >= 11 is 3.32. The minimum atomic E-state index is -0.420. The van der Waals surface area contributed by atoms with E-state index in [0.29, 0.717) is 0 Å². The minimum Gasteiger partial charge on any atom is -0.345 e. The molecule has 0 aliphatic carbocycles. The molecule has 66 valence electrons. The highest BCUT2D eigenvalue weighted by atomic mass is 79.9. The van der Waals surface area contributed by atoms with Crippen LogP contribution in [0.1, 0.15) is 27.2 Å². The lowest BCUT2D eigenvalue weighted by Crippen LogP contribution is -2.39. The maximum atomic E-state index is 11.4. The number of amides is 1. The quantitative estimate of drug-likeness (QED) is 0.669. The fourth-order valence-electron chi connectivity index (χ4n) is 0.891. The number of hydrogen-bond acceptors (Lipinski definition) is 1. The first-order valence-electron chi connectivity index (χ1n) is 3.84. The molecule has 0 aromatic heterocycles. The van der Waals surface area contributed by atoms with Gasteiger partial charge in [0, 0.05) is 13.6 Å². The number of hydrogen-bond donors (Lipinski definition) is 0. The monoisotopic (exact) mass is 221 g/mol. The van der Waals surface area contributed by atoms with Crippen LogP contribution in [-0.2, 0) is 4.79 Å². The van der Waals surface area contributed by atoms with E-state index in [2.05, 4.69) is 22.9 Å². The van der Waals surface area contributed by atoms with Gasteiger partial charge in [-0.3, -0.25) is 4.79 Å². The molecule has 0 rings (SSSR count). The molecule has 0 aromatic rings. The number of rotatable bonds is 3. The molecule has 0 radical (unpaired) electrons. The zero-order valence-electron chi connectivity index (χ0n) is 7.65. The van der Waals surface area contributed by atoms with Crippen molar-refractivity contribution in [3.05, 3.63) is 0 Å². The Labute approximate surface area is 77.1 Å². The lowest BCUT2D eigenvalue weighted by Gasteiger charge is -2.23. The highest BCUT2D eigenvalue weighted by Crippen LogP contribution is 2.18. The Bertz CT molecular complexity index is 140. The van der Waals surface area contributed by atoms with Gasteiger partial charge in [-0.05, 0) is 20.3 Å². The fraction of sp³-hybridized carbons (Fsp3) is 0.875. The van der Waals surface area contributed by atoms with Gasteiger partial charge in [0.05, 0.1) is 4.32 Å². The number of alkyl halides is 1. The van der Waals surface area contributed by atoms with Crippen molar-refractivity contribution in [2.24, 2.45) is 0 Å². The van der Waals surface area contributed by atoms with Crippen LogP contribution in [0.15, 0.2) is 0 Å². The average molecular weight is 222 g/mol. The first-order valence-corrected chi connectivity index (χ1v) is 4.63. The standard InChI is InChI=1S/C8H16BrNO/c1-5-6-10(4)7(11)8(2,3)9/h5-6H2,1-4H3. The maximum absolute atomic E-state index is 11.4. The van der Waals surface area contributed by atoms with Crippen LogP contribution in [0.25, 0.3) is 0 Å². The molecule has 0 fully saturated rings. The van der Waals surface area contributed by atoms with Gasteiger partial charge in [0.15, 0.2) is 0 Å². The van der Waals surface area contributed by atoms with Crippen molar-refractivity contribution in [2.75, 3.05) is 13.6 Å². The summed E-state index contributed by atoms with van der Waals surface area (Å²) in [6.07, 6.45) is 1.01. The zero-order chi connectivity index (χ0) is 9.07. The lowest BCUT2D eigenvalue weighted by atomic mass is 10.2. The van der Waals surface area contributed by atoms with E-state index in [4.69, 9.17) is 0 Å². The van der Waals surface area contributed by atoms with Crippen LogP contribution < -0.4 is 0 Å². The van der Waals surface area contributed by atoms with Gasteiger partial charge in [0.25, 0.3) is 0 Å².